The van der Waals surface area contributed by atoms with Crippen molar-refractivity contribution in [2.24, 2.45) is 0 Å². The molecular formula is C19H17N5O. The van der Waals surface area contributed by atoms with Gasteiger partial charge in [-0.2, -0.15) is 0 Å². The molecule has 4 aromatic rings. The summed E-state index contributed by atoms with van der Waals surface area (Å²) in [6.45, 7) is 6.00. The molecule has 0 N–H and O–H groups in total. The van der Waals surface area contributed by atoms with Crippen molar-refractivity contribution in [2.45, 2.75) is 20.8 Å². The second-order valence-corrected chi connectivity index (χ2v) is 6.00. The lowest BCUT2D eigenvalue weighted by Crippen LogP contribution is -1.99. The molecule has 0 radical (unpaired) electrons. The van der Waals surface area contributed by atoms with Crippen LogP contribution >= 0.6 is 0 Å². The zero-order valence-electron chi connectivity index (χ0n) is 14.3. The maximum absolute atomic E-state index is 5.85. The lowest BCUT2D eigenvalue weighted by molar-refractivity contribution is 0.581. The molecule has 0 aliphatic heterocycles. The second-order valence-electron chi connectivity index (χ2n) is 6.00. The molecular weight excluding hydrogens is 314 g/mol. The van der Waals surface area contributed by atoms with E-state index < -0.39 is 0 Å². The van der Waals surface area contributed by atoms with Crippen LogP contribution in [-0.4, -0.2) is 25.2 Å². The molecule has 0 saturated carbocycles. The third-order valence-corrected chi connectivity index (χ3v) is 4.14. The zero-order valence-corrected chi connectivity index (χ0v) is 14.3. The fraction of sp³-hybridized carbons (Fsp3) is 0.158. The summed E-state index contributed by atoms with van der Waals surface area (Å²) in [7, 11) is 0. The van der Waals surface area contributed by atoms with Crippen molar-refractivity contribution in [3.8, 4) is 28.7 Å². The fourth-order valence-electron chi connectivity index (χ4n) is 2.77. The van der Waals surface area contributed by atoms with E-state index in [1.54, 1.807) is 4.68 Å². The maximum atomic E-state index is 5.85. The van der Waals surface area contributed by atoms with Crippen LogP contribution in [-0.2, 0) is 0 Å². The van der Waals surface area contributed by atoms with Gasteiger partial charge in [0, 0.05) is 5.56 Å². The van der Waals surface area contributed by atoms with Crippen molar-refractivity contribution >= 4 is 0 Å². The number of hydrogen-bond donors (Lipinski definition) is 0. The Balaban J connectivity index is 1.74. The van der Waals surface area contributed by atoms with Gasteiger partial charge in [0.15, 0.2) is 5.69 Å². The van der Waals surface area contributed by atoms with Crippen LogP contribution in [0.3, 0.4) is 0 Å². The molecule has 6 nitrogen and oxygen atoms in total. The molecule has 4 rings (SSSR count). The highest BCUT2D eigenvalue weighted by molar-refractivity contribution is 5.60. The van der Waals surface area contributed by atoms with Gasteiger partial charge in [0.25, 0.3) is 5.89 Å². The normalized spacial score (nSPS) is 11.0. The minimum Gasteiger partial charge on any atom is -0.414 e. The zero-order chi connectivity index (χ0) is 17.4. The van der Waals surface area contributed by atoms with Crippen LogP contribution in [0.5, 0.6) is 0 Å². The molecule has 25 heavy (non-hydrogen) atoms. The molecule has 0 spiro atoms. The van der Waals surface area contributed by atoms with Crippen LogP contribution in [0, 0.1) is 20.8 Å². The highest BCUT2D eigenvalue weighted by Gasteiger charge is 2.19. The van der Waals surface area contributed by atoms with Crippen molar-refractivity contribution in [3.05, 3.63) is 65.4 Å². The first-order chi connectivity index (χ1) is 12.1. The summed E-state index contributed by atoms with van der Waals surface area (Å²) in [5.41, 5.74) is 5.56. The Morgan fingerprint density at radius 1 is 0.840 bits per heavy atom. The summed E-state index contributed by atoms with van der Waals surface area (Å²) in [5, 5.41) is 16.8. The van der Waals surface area contributed by atoms with Gasteiger partial charge < -0.3 is 4.42 Å². The standard InChI is InChI=1S/C19H17N5O/c1-12-7-6-9-15(11-12)24-14(3)17(20-23-24)19-22-21-18(25-19)16-10-5-4-8-13(16)2/h4-11H,1-3H3. The number of nitrogens with zero attached hydrogens (tertiary/aromatic N) is 5. The van der Waals surface area contributed by atoms with Crippen molar-refractivity contribution in [1.82, 2.24) is 25.2 Å². The first-order valence-electron chi connectivity index (χ1n) is 8.02. The summed E-state index contributed by atoms with van der Waals surface area (Å²) in [4.78, 5) is 0. The molecule has 0 amide bonds. The van der Waals surface area contributed by atoms with Crippen LogP contribution in [0.1, 0.15) is 16.8 Å². The van der Waals surface area contributed by atoms with E-state index >= 15 is 0 Å². The van der Waals surface area contributed by atoms with Crippen LogP contribution in [0.2, 0.25) is 0 Å². The SMILES string of the molecule is Cc1cccc(-n2nnc(-c3nnc(-c4ccccc4C)o3)c2C)c1. The van der Waals surface area contributed by atoms with Gasteiger partial charge in [0.05, 0.1) is 11.4 Å². The third kappa shape index (κ3) is 2.71. The monoisotopic (exact) mass is 331 g/mol. The Hall–Kier alpha value is -3.28. The minimum absolute atomic E-state index is 0.370. The van der Waals surface area contributed by atoms with E-state index in [0.29, 0.717) is 17.5 Å². The molecule has 0 saturated heterocycles. The molecule has 2 aromatic carbocycles. The van der Waals surface area contributed by atoms with Gasteiger partial charge in [-0.3, -0.25) is 0 Å². The predicted octanol–water partition coefficient (Wildman–Crippen LogP) is 3.91. The molecule has 0 aliphatic rings. The molecule has 0 aliphatic carbocycles. The molecule has 6 heteroatoms. The summed E-state index contributed by atoms with van der Waals surface area (Å²) >= 11 is 0. The van der Waals surface area contributed by atoms with Gasteiger partial charge in [-0.05, 0) is 50.1 Å². The Morgan fingerprint density at radius 2 is 1.64 bits per heavy atom. The molecule has 0 atom stereocenters. The fourth-order valence-corrected chi connectivity index (χ4v) is 2.77. The van der Waals surface area contributed by atoms with Gasteiger partial charge in [0.2, 0.25) is 5.89 Å². The van der Waals surface area contributed by atoms with Crippen molar-refractivity contribution in [3.63, 3.8) is 0 Å². The van der Waals surface area contributed by atoms with Crippen LogP contribution in [0.25, 0.3) is 28.7 Å². The summed E-state index contributed by atoms with van der Waals surface area (Å²) < 4.78 is 7.63. The average Bonchev–Trinajstić information content (AvgIpc) is 3.22. The Bertz CT molecular complexity index is 1050. The molecule has 0 bridgehead atoms. The molecule has 2 heterocycles. The van der Waals surface area contributed by atoms with E-state index in [2.05, 4.69) is 26.6 Å². The number of aromatic nitrogens is 5. The van der Waals surface area contributed by atoms with E-state index in [4.69, 9.17) is 4.42 Å². The van der Waals surface area contributed by atoms with Crippen molar-refractivity contribution in [2.75, 3.05) is 0 Å². The topological polar surface area (TPSA) is 69.6 Å². The molecule has 0 unspecified atom stereocenters. The van der Waals surface area contributed by atoms with E-state index in [-0.39, 0.29) is 0 Å². The first-order valence-corrected chi connectivity index (χ1v) is 8.02. The van der Waals surface area contributed by atoms with Crippen LogP contribution in [0.4, 0.5) is 0 Å². The first kappa shape index (κ1) is 15.3. The minimum atomic E-state index is 0.370. The summed E-state index contributed by atoms with van der Waals surface area (Å²) in [6.07, 6.45) is 0. The number of rotatable bonds is 3. The number of benzene rings is 2. The van der Waals surface area contributed by atoms with Crippen LogP contribution < -0.4 is 0 Å². The van der Waals surface area contributed by atoms with E-state index in [0.717, 1.165) is 28.1 Å². The quantitative estimate of drug-likeness (QED) is 0.569. The lowest BCUT2D eigenvalue weighted by Gasteiger charge is -2.03. The number of hydrogen-bond acceptors (Lipinski definition) is 5. The highest BCUT2D eigenvalue weighted by atomic mass is 16.4. The summed E-state index contributed by atoms with van der Waals surface area (Å²) in [5.74, 6) is 0.854. The molecule has 2 aromatic heterocycles. The molecule has 0 fully saturated rings. The van der Waals surface area contributed by atoms with E-state index in [9.17, 15) is 0 Å². The van der Waals surface area contributed by atoms with Gasteiger partial charge in [-0.1, -0.05) is 35.5 Å². The summed E-state index contributed by atoms with van der Waals surface area (Å²) in [6, 6.07) is 16.0. The largest absolute Gasteiger partial charge is 0.414 e. The van der Waals surface area contributed by atoms with Gasteiger partial charge in [-0.25, -0.2) is 4.68 Å². The Kier molecular flexibility index (Phi) is 3.65. The lowest BCUT2D eigenvalue weighted by atomic mass is 10.1. The van der Waals surface area contributed by atoms with Gasteiger partial charge in [-0.15, -0.1) is 15.3 Å². The van der Waals surface area contributed by atoms with E-state index in [1.807, 2.05) is 63.2 Å². The smallest absolute Gasteiger partial charge is 0.270 e. The van der Waals surface area contributed by atoms with Gasteiger partial charge in [0.1, 0.15) is 0 Å². The third-order valence-electron chi connectivity index (χ3n) is 4.14. The van der Waals surface area contributed by atoms with Crippen molar-refractivity contribution < 1.29 is 4.42 Å². The highest BCUT2D eigenvalue weighted by Crippen LogP contribution is 2.27. The van der Waals surface area contributed by atoms with Crippen molar-refractivity contribution in [1.29, 1.82) is 0 Å². The Labute approximate surface area is 145 Å². The Morgan fingerprint density at radius 3 is 2.44 bits per heavy atom. The van der Waals surface area contributed by atoms with Gasteiger partial charge >= 0.3 is 0 Å². The average molecular weight is 331 g/mol. The van der Waals surface area contributed by atoms with E-state index in [1.165, 1.54) is 0 Å². The predicted molar refractivity (Wildman–Crippen MR) is 94.3 cm³/mol. The maximum Gasteiger partial charge on any atom is 0.270 e. The second kappa shape index (κ2) is 5.98. The molecule has 124 valence electrons. The number of aryl methyl sites for hydroxylation is 2. The van der Waals surface area contributed by atoms with Crippen LogP contribution in [0.15, 0.2) is 52.9 Å².